The van der Waals surface area contributed by atoms with Crippen LogP contribution in [0.15, 0.2) is 65.2 Å². The summed E-state index contributed by atoms with van der Waals surface area (Å²) in [6.07, 6.45) is -3.47. The molecule has 0 fully saturated rings. The highest BCUT2D eigenvalue weighted by atomic mass is 32.2. The first-order chi connectivity index (χ1) is 12.0. The fourth-order valence-electron chi connectivity index (χ4n) is 2.12. The first-order valence-corrected chi connectivity index (χ1v) is 8.97. The summed E-state index contributed by atoms with van der Waals surface area (Å²) in [6, 6.07) is 9.83. The van der Waals surface area contributed by atoms with E-state index in [4.69, 9.17) is 0 Å². The molecule has 0 aliphatic heterocycles. The lowest BCUT2D eigenvalue weighted by atomic mass is 10.1. The van der Waals surface area contributed by atoms with Gasteiger partial charge in [0.15, 0.2) is 5.78 Å². The van der Waals surface area contributed by atoms with Crippen molar-refractivity contribution >= 4 is 15.8 Å². The molecule has 2 rings (SSSR count). The molecular formula is C18H16F3NO3S. The highest BCUT2D eigenvalue weighted by Gasteiger charge is 2.30. The molecule has 0 bridgehead atoms. The van der Waals surface area contributed by atoms with Crippen molar-refractivity contribution in [1.82, 2.24) is 4.72 Å². The monoisotopic (exact) mass is 383 g/mol. The SMILES string of the molecule is C/C(=C\C(=O)c1ccc(C(F)(F)F)cc1)NS(=O)(=O)c1ccc(C)cc1. The molecule has 138 valence electrons. The number of nitrogens with one attached hydrogen (secondary N) is 1. The lowest BCUT2D eigenvalue weighted by Gasteiger charge is -2.09. The van der Waals surface area contributed by atoms with E-state index >= 15 is 0 Å². The summed E-state index contributed by atoms with van der Waals surface area (Å²) in [6.45, 7) is 3.20. The topological polar surface area (TPSA) is 63.2 Å². The Bertz CT molecular complexity index is 929. The molecule has 0 saturated heterocycles. The largest absolute Gasteiger partial charge is 0.416 e. The Kier molecular flexibility index (Phi) is 5.56. The van der Waals surface area contributed by atoms with Gasteiger partial charge in [-0.05, 0) is 38.1 Å². The Balaban J connectivity index is 2.15. The summed E-state index contributed by atoms with van der Waals surface area (Å²) in [7, 11) is -3.85. The zero-order chi connectivity index (χ0) is 19.5. The zero-order valence-electron chi connectivity index (χ0n) is 14.0. The molecule has 26 heavy (non-hydrogen) atoms. The molecule has 1 N–H and O–H groups in total. The number of aryl methyl sites for hydroxylation is 1. The summed E-state index contributed by atoms with van der Waals surface area (Å²) >= 11 is 0. The molecule has 0 radical (unpaired) electrons. The third-order valence-corrected chi connectivity index (χ3v) is 4.95. The van der Waals surface area contributed by atoms with E-state index in [1.54, 1.807) is 12.1 Å². The third kappa shape index (κ3) is 4.95. The zero-order valence-corrected chi connectivity index (χ0v) is 14.8. The number of hydrogen-bond donors (Lipinski definition) is 1. The highest BCUT2D eigenvalue weighted by molar-refractivity contribution is 7.89. The molecule has 8 heteroatoms. The summed E-state index contributed by atoms with van der Waals surface area (Å²) in [5.74, 6) is -0.608. The maximum absolute atomic E-state index is 12.5. The van der Waals surface area contributed by atoms with Gasteiger partial charge in [0, 0.05) is 17.3 Å². The van der Waals surface area contributed by atoms with Crippen molar-refractivity contribution in [2.75, 3.05) is 0 Å². The van der Waals surface area contributed by atoms with E-state index in [2.05, 4.69) is 4.72 Å². The van der Waals surface area contributed by atoms with E-state index in [-0.39, 0.29) is 16.2 Å². The number of benzene rings is 2. The van der Waals surface area contributed by atoms with Gasteiger partial charge in [-0.3, -0.25) is 9.52 Å². The summed E-state index contributed by atoms with van der Waals surface area (Å²) in [5.41, 5.74) is 0.103. The van der Waals surface area contributed by atoms with Gasteiger partial charge in [0.2, 0.25) is 0 Å². The van der Waals surface area contributed by atoms with Gasteiger partial charge in [0.1, 0.15) is 0 Å². The molecule has 2 aromatic carbocycles. The number of halogens is 3. The predicted octanol–water partition coefficient (Wildman–Crippen LogP) is 4.08. The first-order valence-electron chi connectivity index (χ1n) is 7.48. The molecule has 0 aromatic heterocycles. The van der Waals surface area contributed by atoms with Crippen LogP contribution in [0.5, 0.6) is 0 Å². The Morgan fingerprint density at radius 2 is 1.54 bits per heavy atom. The van der Waals surface area contributed by atoms with Gasteiger partial charge in [0.25, 0.3) is 10.0 Å². The molecule has 0 spiro atoms. The number of alkyl halides is 3. The number of sulfonamides is 1. The molecule has 2 aromatic rings. The number of allylic oxidation sites excluding steroid dienone is 2. The lowest BCUT2D eigenvalue weighted by Crippen LogP contribution is -2.22. The van der Waals surface area contributed by atoms with Gasteiger partial charge in [-0.15, -0.1) is 0 Å². The summed E-state index contributed by atoms with van der Waals surface area (Å²) in [4.78, 5) is 12.1. The van der Waals surface area contributed by atoms with Gasteiger partial charge in [-0.1, -0.05) is 29.8 Å². The van der Waals surface area contributed by atoms with Crippen molar-refractivity contribution in [2.45, 2.75) is 24.9 Å². The van der Waals surface area contributed by atoms with E-state index in [1.165, 1.54) is 19.1 Å². The van der Waals surface area contributed by atoms with Gasteiger partial charge < -0.3 is 0 Å². The molecule has 0 heterocycles. The molecular weight excluding hydrogens is 367 g/mol. The standard InChI is InChI=1S/C18H16F3NO3S/c1-12-3-9-16(10-4-12)26(24,25)22-13(2)11-17(23)14-5-7-15(8-6-14)18(19,20)21/h3-11,22H,1-2H3/b13-11+. The van der Waals surface area contributed by atoms with E-state index in [0.29, 0.717) is 0 Å². The van der Waals surface area contributed by atoms with Crippen molar-refractivity contribution in [3.63, 3.8) is 0 Å². The van der Waals surface area contributed by atoms with Crippen molar-refractivity contribution in [3.8, 4) is 0 Å². The summed E-state index contributed by atoms with van der Waals surface area (Å²) in [5, 5.41) is 0. The van der Waals surface area contributed by atoms with Crippen molar-refractivity contribution < 1.29 is 26.4 Å². The van der Waals surface area contributed by atoms with Gasteiger partial charge in [-0.25, -0.2) is 8.42 Å². The Hall–Kier alpha value is -2.61. The van der Waals surface area contributed by atoms with Crippen LogP contribution in [0.1, 0.15) is 28.4 Å². The molecule has 0 aliphatic carbocycles. The highest BCUT2D eigenvalue weighted by Crippen LogP contribution is 2.29. The average Bonchev–Trinajstić information content (AvgIpc) is 2.54. The first kappa shape index (κ1) is 19.7. The summed E-state index contributed by atoms with van der Waals surface area (Å²) < 4.78 is 64.3. The van der Waals surface area contributed by atoms with Crippen LogP contribution in [0.3, 0.4) is 0 Å². The third-order valence-electron chi connectivity index (χ3n) is 3.47. The second-order valence-corrected chi connectivity index (χ2v) is 7.37. The molecule has 0 amide bonds. The van der Waals surface area contributed by atoms with Crippen LogP contribution in [0.25, 0.3) is 0 Å². The van der Waals surface area contributed by atoms with Crippen LogP contribution in [-0.2, 0) is 16.2 Å². The van der Waals surface area contributed by atoms with E-state index < -0.39 is 27.5 Å². The fourth-order valence-corrected chi connectivity index (χ4v) is 3.22. The van der Waals surface area contributed by atoms with Crippen LogP contribution in [0.2, 0.25) is 0 Å². The number of ketones is 1. The average molecular weight is 383 g/mol. The number of rotatable bonds is 5. The van der Waals surface area contributed by atoms with Crippen LogP contribution >= 0.6 is 0 Å². The van der Waals surface area contributed by atoms with Gasteiger partial charge in [0.05, 0.1) is 10.5 Å². The number of carbonyl (C=O) groups excluding carboxylic acids is 1. The van der Waals surface area contributed by atoms with Crippen molar-refractivity contribution in [2.24, 2.45) is 0 Å². The maximum atomic E-state index is 12.5. The minimum Gasteiger partial charge on any atom is -0.289 e. The van der Waals surface area contributed by atoms with Gasteiger partial charge >= 0.3 is 6.18 Å². The van der Waals surface area contributed by atoms with E-state index in [0.717, 1.165) is 35.9 Å². The van der Waals surface area contributed by atoms with Crippen LogP contribution in [0, 0.1) is 6.92 Å². The van der Waals surface area contributed by atoms with Crippen molar-refractivity contribution in [1.29, 1.82) is 0 Å². The minimum atomic E-state index is -4.49. The molecule has 0 unspecified atom stereocenters. The number of carbonyl (C=O) groups is 1. The van der Waals surface area contributed by atoms with E-state index in [9.17, 15) is 26.4 Å². The molecule has 0 saturated carbocycles. The second-order valence-electron chi connectivity index (χ2n) is 5.69. The quantitative estimate of drug-likeness (QED) is 0.625. The Labute approximate surface area is 149 Å². The maximum Gasteiger partial charge on any atom is 0.416 e. The van der Waals surface area contributed by atoms with Crippen molar-refractivity contribution in [3.05, 3.63) is 77.0 Å². The van der Waals surface area contributed by atoms with Crippen LogP contribution < -0.4 is 4.72 Å². The normalized spacial score (nSPS) is 12.7. The predicted molar refractivity (Wildman–Crippen MR) is 91.0 cm³/mol. The minimum absolute atomic E-state index is 0.0203. The van der Waals surface area contributed by atoms with Crippen LogP contribution in [0.4, 0.5) is 13.2 Å². The molecule has 0 aliphatic rings. The smallest absolute Gasteiger partial charge is 0.289 e. The number of hydrogen-bond acceptors (Lipinski definition) is 3. The van der Waals surface area contributed by atoms with Crippen LogP contribution in [-0.4, -0.2) is 14.2 Å². The molecule has 0 atom stereocenters. The second kappa shape index (κ2) is 7.33. The lowest BCUT2D eigenvalue weighted by molar-refractivity contribution is -0.137. The van der Waals surface area contributed by atoms with E-state index in [1.807, 2.05) is 6.92 Å². The fraction of sp³-hybridized carbons (Fsp3) is 0.167. The van der Waals surface area contributed by atoms with Gasteiger partial charge in [-0.2, -0.15) is 13.2 Å². The molecule has 4 nitrogen and oxygen atoms in total. The Morgan fingerprint density at radius 1 is 1.00 bits per heavy atom. The Morgan fingerprint density at radius 3 is 2.04 bits per heavy atom.